The molecule has 1 saturated heterocycles. The van der Waals surface area contributed by atoms with Gasteiger partial charge < -0.3 is 19.5 Å². The van der Waals surface area contributed by atoms with E-state index < -0.39 is 0 Å². The van der Waals surface area contributed by atoms with Crippen LogP contribution >= 0.6 is 0 Å². The molecule has 25 heavy (non-hydrogen) atoms. The monoisotopic (exact) mass is 339 g/mol. The van der Waals surface area contributed by atoms with E-state index >= 15 is 0 Å². The van der Waals surface area contributed by atoms with Crippen LogP contribution in [0.1, 0.15) is 39.2 Å². The molecule has 6 rings (SSSR count). The van der Waals surface area contributed by atoms with Crippen LogP contribution in [0.15, 0.2) is 34.9 Å². The molecule has 5 heteroatoms. The zero-order valence-electron chi connectivity index (χ0n) is 15.2. The molecule has 2 bridgehead atoms. The van der Waals surface area contributed by atoms with E-state index in [2.05, 4.69) is 26.8 Å². The van der Waals surface area contributed by atoms with Gasteiger partial charge in [-0.25, -0.2) is 0 Å². The predicted octanol–water partition coefficient (Wildman–Crippen LogP) is 3.57. The number of furan rings is 1. The second kappa shape index (κ2) is 5.12. The molecule has 2 unspecified atom stereocenters. The molecule has 2 heterocycles. The molecule has 4 nitrogen and oxygen atoms in total. The Hall–Kier alpha value is -1.30. The van der Waals surface area contributed by atoms with Crippen molar-refractivity contribution in [1.82, 2.24) is 0 Å². The molecule has 4 fully saturated rings. The Labute approximate surface area is 149 Å². The van der Waals surface area contributed by atoms with Crippen LogP contribution in [-0.4, -0.2) is 24.8 Å². The number of para-hydroxylation sites is 1. The molecule has 3 aliphatic carbocycles. The number of benzene rings is 1. The largest absolute Gasteiger partial charge is 0.475 e. The van der Waals surface area contributed by atoms with E-state index in [1.54, 1.807) is 0 Å². The fourth-order valence-electron chi connectivity index (χ4n) is 5.62. The van der Waals surface area contributed by atoms with Gasteiger partial charge in [-0.15, -0.1) is 0 Å². The smallest absolute Gasteiger partial charge is 0.464 e. The summed E-state index contributed by atoms with van der Waals surface area (Å²) in [5.41, 5.74) is 8.70. The summed E-state index contributed by atoms with van der Waals surface area (Å²) in [5, 5.41) is 1.13. The molecule has 0 radical (unpaired) electrons. The minimum absolute atomic E-state index is 0.182. The van der Waals surface area contributed by atoms with Crippen molar-refractivity contribution >= 4 is 18.1 Å². The summed E-state index contributed by atoms with van der Waals surface area (Å²) in [6, 6.07) is 8.08. The van der Waals surface area contributed by atoms with E-state index in [4.69, 9.17) is 19.5 Å². The second-order valence-electron chi connectivity index (χ2n) is 8.96. The van der Waals surface area contributed by atoms with Crippen molar-refractivity contribution in [1.29, 1.82) is 0 Å². The van der Waals surface area contributed by atoms with Crippen molar-refractivity contribution < 1.29 is 13.7 Å². The Bertz CT molecular complexity index is 818. The highest BCUT2D eigenvalue weighted by Crippen LogP contribution is 2.65. The highest BCUT2D eigenvalue weighted by Gasteiger charge is 2.68. The Morgan fingerprint density at radius 2 is 2.04 bits per heavy atom. The zero-order valence-corrected chi connectivity index (χ0v) is 15.2. The van der Waals surface area contributed by atoms with Crippen LogP contribution in [-0.2, 0) is 15.7 Å². The molecule has 2 N–H and O–H groups in total. The molecule has 3 saturated carbocycles. The second-order valence-corrected chi connectivity index (χ2v) is 8.96. The third-order valence-corrected chi connectivity index (χ3v) is 7.34. The van der Waals surface area contributed by atoms with Gasteiger partial charge in [0.1, 0.15) is 5.58 Å². The van der Waals surface area contributed by atoms with Crippen LogP contribution in [0.4, 0.5) is 0 Å². The Balaban J connectivity index is 1.35. The standard InChI is InChI=1S/C20H26BNO3/c1-19(2)13-9-16(19)20(3)17(10-13)24-21(25-20)18(22)8-12-11-23-15-7-5-4-6-14(12)15/h4-7,11,13,16-18H,8-10,22H2,1-3H3/t13?,16?,17-,18+,20+/m1/s1. The molecular formula is C20H26BNO3. The van der Waals surface area contributed by atoms with Crippen molar-refractivity contribution in [3.63, 3.8) is 0 Å². The van der Waals surface area contributed by atoms with Gasteiger partial charge in [0.05, 0.1) is 18.0 Å². The Morgan fingerprint density at radius 1 is 1.24 bits per heavy atom. The maximum atomic E-state index is 6.51. The number of hydrogen-bond donors (Lipinski definition) is 1. The fraction of sp³-hybridized carbons (Fsp3) is 0.600. The van der Waals surface area contributed by atoms with E-state index in [1.807, 2.05) is 24.5 Å². The SMILES string of the molecule is CC1(C)C2CC1[C@]1(C)OB([C@@H](N)Cc3coc4ccccc34)O[C@@H]1C2. The van der Waals surface area contributed by atoms with Crippen molar-refractivity contribution in [3.8, 4) is 0 Å². The third kappa shape index (κ3) is 2.12. The van der Waals surface area contributed by atoms with Crippen molar-refractivity contribution in [2.24, 2.45) is 23.0 Å². The van der Waals surface area contributed by atoms with Gasteiger partial charge in [-0.2, -0.15) is 0 Å². The van der Waals surface area contributed by atoms with Crippen LogP contribution in [0.3, 0.4) is 0 Å². The average molecular weight is 339 g/mol. The summed E-state index contributed by atoms with van der Waals surface area (Å²) < 4.78 is 18.4. The maximum absolute atomic E-state index is 6.51. The first-order chi connectivity index (χ1) is 11.9. The van der Waals surface area contributed by atoms with Crippen molar-refractivity contribution in [2.75, 3.05) is 0 Å². The summed E-state index contributed by atoms with van der Waals surface area (Å²) in [4.78, 5) is 0. The van der Waals surface area contributed by atoms with Crippen LogP contribution in [0.2, 0.25) is 0 Å². The first-order valence-electron chi connectivity index (χ1n) is 9.43. The topological polar surface area (TPSA) is 57.6 Å². The quantitative estimate of drug-likeness (QED) is 0.869. The van der Waals surface area contributed by atoms with Crippen molar-refractivity contribution in [3.05, 3.63) is 36.1 Å². The van der Waals surface area contributed by atoms with Gasteiger partial charge in [0.25, 0.3) is 0 Å². The minimum atomic E-state index is -0.334. The van der Waals surface area contributed by atoms with E-state index in [0.29, 0.717) is 17.8 Å². The lowest BCUT2D eigenvalue weighted by Gasteiger charge is -2.64. The van der Waals surface area contributed by atoms with Crippen LogP contribution in [0.5, 0.6) is 0 Å². The summed E-state index contributed by atoms with van der Waals surface area (Å²) in [6.45, 7) is 6.99. The van der Waals surface area contributed by atoms with Crippen molar-refractivity contribution in [2.45, 2.75) is 57.7 Å². The van der Waals surface area contributed by atoms with Gasteiger partial charge in [0.15, 0.2) is 0 Å². The number of fused-ring (bicyclic) bond motifs is 1. The molecule has 4 aliphatic rings. The molecule has 2 aromatic rings. The predicted molar refractivity (Wildman–Crippen MR) is 98.0 cm³/mol. The lowest BCUT2D eigenvalue weighted by atomic mass is 9.43. The summed E-state index contributed by atoms with van der Waals surface area (Å²) in [7, 11) is -0.334. The molecule has 1 aromatic carbocycles. The highest BCUT2D eigenvalue weighted by molar-refractivity contribution is 6.47. The third-order valence-electron chi connectivity index (χ3n) is 7.34. The van der Waals surface area contributed by atoms with E-state index in [1.165, 1.54) is 6.42 Å². The average Bonchev–Trinajstić information content (AvgIpc) is 3.15. The van der Waals surface area contributed by atoms with Crippen LogP contribution in [0, 0.1) is 17.3 Å². The van der Waals surface area contributed by atoms with Crippen LogP contribution in [0.25, 0.3) is 11.0 Å². The number of rotatable bonds is 3. The van der Waals surface area contributed by atoms with Gasteiger partial charge in [-0.1, -0.05) is 32.0 Å². The van der Waals surface area contributed by atoms with Gasteiger partial charge >= 0.3 is 7.12 Å². The number of nitrogens with two attached hydrogens (primary N) is 1. The first kappa shape index (κ1) is 15.9. The number of hydrogen-bond acceptors (Lipinski definition) is 4. The molecule has 5 atom stereocenters. The van der Waals surface area contributed by atoms with Crippen LogP contribution < -0.4 is 5.73 Å². The summed E-state index contributed by atoms with van der Waals surface area (Å²) >= 11 is 0. The molecular weight excluding hydrogens is 313 g/mol. The lowest BCUT2D eigenvalue weighted by Crippen LogP contribution is -2.65. The first-order valence-corrected chi connectivity index (χ1v) is 9.43. The lowest BCUT2D eigenvalue weighted by molar-refractivity contribution is -0.199. The Morgan fingerprint density at radius 3 is 2.84 bits per heavy atom. The summed E-state index contributed by atoms with van der Waals surface area (Å²) in [5.74, 6) is 1.13. The summed E-state index contributed by atoms with van der Waals surface area (Å²) in [6.07, 6.45) is 5.05. The van der Waals surface area contributed by atoms with E-state index in [-0.39, 0.29) is 24.8 Å². The molecule has 0 amide bonds. The molecule has 132 valence electrons. The van der Waals surface area contributed by atoms with Gasteiger partial charge in [-0.3, -0.25) is 0 Å². The van der Waals surface area contributed by atoms with Gasteiger partial charge in [0, 0.05) is 11.3 Å². The fourth-order valence-corrected chi connectivity index (χ4v) is 5.62. The zero-order chi connectivity index (χ0) is 17.4. The normalized spacial score (nSPS) is 37.0. The molecule has 0 spiro atoms. The van der Waals surface area contributed by atoms with Gasteiger partial charge in [-0.05, 0) is 55.1 Å². The Kier molecular flexibility index (Phi) is 3.26. The van der Waals surface area contributed by atoms with E-state index in [9.17, 15) is 0 Å². The minimum Gasteiger partial charge on any atom is -0.464 e. The highest BCUT2D eigenvalue weighted by atomic mass is 16.7. The maximum Gasteiger partial charge on any atom is 0.475 e. The molecule has 1 aliphatic heterocycles. The van der Waals surface area contributed by atoms with Gasteiger partial charge in [0.2, 0.25) is 0 Å². The van der Waals surface area contributed by atoms with E-state index in [0.717, 1.165) is 28.9 Å². The molecule has 1 aromatic heterocycles.